The van der Waals surface area contributed by atoms with Gasteiger partial charge in [0.15, 0.2) is 0 Å². The van der Waals surface area contributed by atoms with Gasteiger partial charge in [0, 0.05) is 18.7 Å². The van der Waals surface area contributed by atoms with Crippen molar-refractivity contribution in [2.24, 2.45) is 0 Å². The van der Waals surface area contributed by atoms with Crippen molar-refractivity contribution in [3.05, 3.63) is 54.1 Å². The summed E-state index contributed by atoms with van der Waals surface area (Å²) in [5.74, 6) is 0.543. The van der Waals surface area contributed by atoms with Crippen molar-refractivity contribution in [1.29, 1.82) is 0 Å². The number of hydrogen-bond acceptors (Lipinski definition) is 4. The molecule has 2 heterocycles. The summed E-state index contributed by atoms with van der Waals surface area (Å²) < 4.78 is 32.8. The molecule has 2 aliphatic rings. The molecule has 7 heteroatoms. The summed E-state index contributed by atoms with van der Waals surface area (Å²) >= 11 is 0. The molecular formula is C21H24N2O4S. The zero-order valence-electron chi connectivity index (χ0n) is 15.9. The second-order valence-electron chi connectivity index (χ2n) is 7.17. The molecular weight excluding hydrogens is 376 g/mol. The lowest BCUT2D eigenvalue weighted by atomic mass is 10.1. The fourth-order valence-electron chi connectivity index (χ4n) is 3.71. The van der Waals surface area contributed by atoms with Crippen LogP contribution >= 0.6 is 0 Å². The molecule has 6 nitrogen and oxygen atoms in total. The van der Waals surface area contributed by atoms with Crippen LogP contribution < -0.4 is 9.64 Å². The molecule has 1 unspecified atom stereocenters. The van der Waals surface area contributed by atoms with Gasteiger partial charge >= 0.3 is 0 Å². The van der Waals surface area contributed by atoms with E-state index in [-0.39, 0.29) is 16.9 Å². The lowest BCUT2D eigenvalue weighted by molar-refractivity contribution is 0.0954. The van der Waals surface area contributed by atoms with E-state index in [4.69, 9.17) is 4.74 Å². The summed E-state index contributed by atoms with van der Waals surface area (Å²) in [6.07, 6.45) is 2.52. The molecule has 1 amide bonds. The van der Waals surface area contributed by atoms with Crippen LogP contribution in [0.5, 0.6) is 5.75 Å². The quantitative estimate of drug-likeness (QED) is 0.790. The molecule has 0 aliphatic carbocycles. The summed E-state index contributed by atoms with van der Waals surface area (Å²) in [5.41, 5.74) is 1.21. The highest BCUT2D eigenvalue weighted by Crippen LogP contribution is 2.34. The minimum Gasteiger partial charge on any atom is -0.486 e. The summed E-state index contributed by atoms with van der Waals surface area (Å²) in [5, 5.41) is 0. The zero-order valence-corrected chi connectivity index (χ0v) is 16.7. The van der Waals surface area contributed by atoms with E-state index in [1.807, 2.05) is 31.2 Å². The molecule has 0 saturated carbocycles. The van der Waals surface area contributed by atoms with Crippen molar-refractivity contribution in [3.63, 3.8) is 0 Å². The molecule has 2 aliphatic heterocycles. The predicted octanol–water partition coefficient (Wildman–Crippen LogP) is 3.29. The second-order valence-corrected chi connectivity index (χ2v) is 9.11. The SMILES string of the molecule is CCC1CN(C(=O)c2ccc(S(=O)(=O)N3CCCC3)cc2)c2ccccc2O1. The number of ether oxygens (including phenoxy) is 1. The molecule has 2 aromatic carbocycles. The van der Waals surface area contributed by atoms with E-state index in [1.54, 1.807) is 17.0 Å². The van der Waals surface area contributed by atoms with Crippen molar-refractivity contribution in [3.8, 4) is 5.75 Å². The average molecular weight is 401 g/mol. The van der Waals surface area contributed by atoms with Crippen LogP contribution in [0.25, 0.3) is 0 Å². The fourth-order valence-corrected chi connectivity index (χ4v) is 5.22. The predicted molar refractivity (Wildman–Crippen MR) is 107 cm³/mol. The van der Waals surface area contributed by atoms with Crippen LogP contribution in [0.4, 0.5) is 5.69 Å². The van der Waals surface area contributed by atoms with Gasteiger partial charge in [-0.05, 0) is 55.7 Å². The number of para-hydroxylation sites is 2. The van der Waals surface area contributed by atoms with Crippen LogP contribution in [0.3, 0.4) is 0 Å². The average Bonchev–Trinajstić information content (AvgIpc) is 3.28. The molecule has 1 atom stereocenters. The lowest BCUT2D eigenvalue weighted by Gasteiger charge is -2.34. The number of rotatable bonds is 4. The molecule has 0 bridgehead atoms. The van der Waals surface area contributed by atoms with Crippen molar-refractivity contribution in [2.75, 3.05) is 24.5 Å². The van der Waals surface area contributed by atoms with Crippen LogP contribution in [-0.4, -0.2) is 44.4 Å². The number of fused-ring (bicyclic) bond motifs is 1. The van der Waals surface area contributed by atoms with E-state index in [0.717, 1.165) is 24.9 Å². The first-order valence-corrected chi connectivity index (χ1v) is 11.1. The molecule has 2 aromatic rings. The first kappa shape index (κ1) is 19.0. The minimum absolute atomic E-state index is 0.0614. The normalized spacial score (nSPS) is 19.9. The monoisotopic (exact) mass is 400 g/mol. The molecule has 0 aromatic heterocycles. The maximum absolute atomic E-state index is 13.2. The molecule has 0 N–H and O–H groups in total. The number of hydrogen-bond donors (Lipinski definition) is 0. The molecule has 1 fully saturated rings. The number of amides is 1. The molecule has 148 valence electrons. The van der Waals surface area contributed by atoms with Gasteiger partial charge in [-0.25, -0.2) is 8.42 Å². The van der Waals surface area contributed by atoms with Crippen molar-refractivity contribution >= 4 is 21.6 Å². The molecule has 0 radical (unpaired) electrons. The third-order valence-corrected chi connectivity index (χ3v) is 7.25. The van der Waals surface area contributed by atoms with Gasteiger partial charge in [0.1, 0.15) is 11.9 Å². The van der Waals surface area contributed by atoms with E-state index in [9.17, 15) is 13.2 Å². The van der Waals surface area contributed by atoms with Gasteiger partial charge in [0.25, 0.3) is 5.91 Å². The Kier molecular flexibility index (Phi) is 5.12. The Hall–Kier alpha value is -2.38. The summed E-state index contributed by atoms with van der Waals surface area (Å²) in [6, 6.07) is 13.8. The van der Waals surface area contributed by atoms with E-state index >= 15 is 0 Å². The number of carbonyl (C=O) groups is 1. The van der Waals surface area contributed by atoms with Gasteiger partial charge in [0.05, 0.1) is 17.1 Å². The topological polar surface area (TPSA) is 66.9 Å². The third-order valence-electron chi connectivity index (χ3n) is 5.34. The Morgan fingerprint density at radius 3 is 2.43 bits per heavy atom. The number of benzene rings is 2. The Balaban J connectivity index is 1.60. The van der Waals surface area contributed by atoms with E-state index in [2.05, 4.69) is 0 Å². The van der Waals surface area contributed by atoms with Crippen LogP contribution in [0.2, 0.25) is 0 Å². The number of nitrogens with zero attached hydrogens (tertiary/aromatic N) is 2. The smallest absolute Gasteiger partial charge is 0.258 e. The van der Waals surface area contributed by atoms with Crippen LogP contribution in [0, 0.1) is 0 Å². The van der Waals surface area contributed by atoms with Gasteiger partial charge < -0.3 is 9.64 Å². The standard InChI is InChI=1S/C21H24N2O4S/c1-2-17-15-23(19-7-3-4-8-20(19)27-17)21(24)16-9-11-18(12-10-16)28(25,26)22-13-5-6-14-22/h3-4,7-12,17H,2,5-6,13-15H2,1H3. The van der Waals surface area contributed by atoms with Crippen molar-refractivity contribution in [2.45, 2.75) is 37.2 Å². The minimum atomic E-state index is -3.48. The number of sulfonamides is 1. The maximum atomic E-state index is 13.2. The summed E-state index contributed by atoms with van der Waals surface area (Å²) in [7, 11) is -3.48. The zero-order chi connectivity index (χ0) is 19.7. The Morgan fingerprint density at radius 1 is 1.07 bits per heavy atom. The van der Waals surface area contributed by atoms with Gasteiger partial charge in [-0.2, -0.15) is 4.31 Å². The Labute approximate surface area is 165 Å². The Bertz CT molecular complexity index is 966. The van der Waals surface area contributed by atoms with E-state index in [1.165, 1.54) is 16.4 Å². The highest BCUT2D eigenvalue weighted by molar-refractivity contribution is 7.89. The van der Waals surface area contributed by atoms with Crippen LogP contribution in [-0.2, 0) is 10.0 Å². The lowest BCUT2D eigenvalue weighted by Crippen LogP contribution is -2.43. The molecule has 0 spiro atoms. The number of carbonyl (C=O) groups excluding carboxylic acids is 1. The van der Waals surface area contributed by atoms with E-state index in [0.29, 0.717) is 30.9 Å². The summed E-state index contributed by atoms with van der Waals surface area (Å²) in [6.45, 7) is 3.62. The van der Waals surface area contributed by atoms with Crippen LogP contribution in [0.1, 0.15) is 36.5 Å². The first-order chi connectivity index (χ1) is 13.5. The maximum Gasteiger partial charge on any atom is 0.258 e. The molecule has 1 saturated heterocycles. The van der Waals surface area contributed by atoms with Crippen molar-refractivity contribution in [1.82, 2.24) is 4.31 Å². The Morgan fingerprint density at radius 2 is 1.75 bits per heavy atom. The van der Waals surface area contributed by atoms with Gasteiger partial charge in [-0.15, -0.1) is 0 Å². The first-order valence-electron chi connectivity index (χ1n) is 9.68. The van der Waals surface area contributed by atoms with Crippen LogP contribution in [0.15, 0.2) is 53.4 Å². The van der Waals surface area contributed by atoms with Crippen molar-refractivity contribution < 1.29 is 17.9 Å². The third kappa shape index (κ3) is 3.40. The summed E-state index contributed by atoms with van der Waals surface area (Å²) in [4.78, 5) is 15.1. The van der Waals surface area contributed by atoms with Gasteiger partial charge in [-0.1, -0.05) is 19.1 Å². The highest BCUT2D eigenvalue weighted by Gasteiger charge is 2.30. The fraction of sp³-hybridized carbons (Fsp3) is 0.381. The number of anilines is 1. The second kappa shape index (κ2) is 7.56. The largest absolute Gasteiger partial charge is 0.486 e. The molecule has 28 heavy (non-hydrogen) atoms. The van der Waals surface area contributed by atoms with E-state index < -0.39 is 10.0 Å². The van der Waals surface area contributed by atoms with Gasteiger partial charge in [0.2, 0.25) is 10.0 Å². The highest BCUT2D eigenvalue weighted by atomic mass is 32.2. The molecule has 4 rings (SSSR count). The van der Waals surface area contributed by atoms with Gasteiger partial charge in [-0.3, -0.25) is 4.79 Å².